The van der Waals surface area contributed by atoms with Gasteiger partial charge in [0.25, 0.3) is 0 Å². The number of benzene rings is 2. The van der Waals surface area contributed by atoms with Gasteiger partial charge in [0.05, 0.1) is 18.2 Å². The summed E-state index contributed by atoms with van der Waals surface area (Å²) in [7, 11) is 0. The van der Waals surface area contributed by atoms with Gasteiger partial charge in [-0.15, -0.1) is 0 Å². The van der Waals surface area contributed by atoms with E-state index in [1.165, 1.54) is 30.3 Å². The standard InChI is InChI=1S/C21H20O11.ClH/c22-7-16-17(27)18(28)19(29)21(32-16)31-15-6-10-12(25)4-9(23)5-14(10)30-20(15)8-1-2-11(24)13(26)3-8;/h1-6,16-19,21-22,27-29H,7H2,(H3-,23,24,25,26);1H/t16-,17-,18+,19-,21?;/m1./s1. The van der Waals surface area contributed by atoms with Crippen molar-refractivity contribution in [1.82, 2.24) is 0 Å². The summed E-state index contributed by atoms with van der Waals surface area (Å²) >= 11 is 0. The molecule has 0 saturated carbocycles. The Morgan fingerprint density at radius 3 is 2.24 bits per heavy atom. The first-order chi connectivity index (χ1) is 15.2. The lowest BCUT2D eigenvalue weighted by Crippen LogP contribution is -3.00. The molecule has 0 amide bonds. The number of aromatic hydroxyl groups is 4. The van der Waals surface area contributed by atoms with Crippen LogP contribution in [0.1, 0.15) is 0 Å². The maximum atomic E-state index is 10.3. The minimum atomic E-state index is -1.71. The van der Waals surface area contributed by atoms with Crippen LogP contribution < -0.4 is 17.1 Å². The summed E-state index contributed by atoms with van der Waals surface area (Å²) < 4.78 is 16.8. The number of aliphatic hydroxyl groups is 4. The highest BCUT2D eigenvalue weighted by Crippen LogP contribution is 2.42. The Hall–Kier alpha value is -3.06. The molecule has 0 bridgehead atoms. The van der Waals surface area contributed by atoms with Crippen LogP contribution in [0.4, 0.5) is 0 Å². The number of phenols is 4. The molecular weight excluding hydrogens is 464 g/mol. The molecule has 4 rings (SSSR count). The van der Waals surface area contributed by atoms with Crippen molar-refractivity contribution in [1.29, 1.82) is 0 Å². The molecule has 12 heteroatoms. The van der Waals surface area contributed by atoms with Crippen molar-refractivity contribution in [3.8, 4) is 40.1 Å². The molecular formula is C21H21ClO11. The summed E-state index contributed by atoms with van der Waals surface area (Å²) in [5.74, 6) is -1.64. The van der Waals surface area contributed by atoms with Crippen LogP contribution in [-0.4, -0.2) is 78.2 Å². The van der Waals surface area contributed by atoms with Crippen LogP contribution >= 0.6 is 0 Å². The van der Waals surface area contributed by atoms with Crippen molar-refractivity contribution >= 4 is 11.0 Å². The molecule has 33 heavy (non-hydrogen) atoms. The number of hydrogen-bond acceptors (Lipinski definition) is 10. The van der Waals surface area contributed by atoms with Gasteiger partial charge in [0.2, 0.25) is 12.0 Å². The third-order valence-corrected chi connectivity index (χ3v) is 5.15. The first-order valence-corrected chi connectivity index (χ1v) is 9.52. The molecule has 11 nitrogen and oxygen atoms in total. The summed E-state index contributed by atoms with van der Waals surface area (Å²) in [6, 6.07) is 7.37. The normalized spacial score (nSPS) is 24.9. The van der Waals surface area contributed by atoms with Crippen molar-refractivity contribution in [2.45, 2.75) is 30.7 Å². The zero-order valence-corrected chi connectivity index (χ0v) is 17.5. The molecule has 3 aromatic rings. The zero-order chi connectivity index (χ0) is 23.2. The quantitative estimate of drug-likeness (QED) is 0.143. The Balaban J connectivity index is 0.00000306. The number of phenolic OH excluding ortho intramolecular Hbond substituents is 4. The van der Waals surface area contributed by atoms with Crippen LogP contribution in [-0.2, 0) is 4.74 Å². The number of fused-ring (bicyclic) bond motifs is 1. The van der Waals surface area contributed by atoms with E-state index in [-0.39, 0.29) is 57.7 Å². The van der Waals surface area contributed by atoms with Crippen LogP contribution in [0.2, 0.25) is 0 Å². The number of halogens is 1. The van der Waals surface area contributed by atoms with Gasteiger partial charge in [-0.2, -0.15) is 0 Å². The fraction of sp³-hybridized carbons (Fsp3) is 0.286. The van der Waals surface area contributed by atoms with E-state index >= 15 is 0 Å². The number of aliphatic hydroxyl groups excluding tert-OH is 4. The van der Waals surface area contributed by atoms with E-state index in [0.717, 1.165) is 6.07 Å². The largest absolute Gasteiger partial charge is 1.00 e. The molecule has 0 aliphatic carbocycles. The Morgan fingerprint density at radius 2 is 1.58 bits per heavy atom. The van der Waals surface area contributed by atoms with Crippen molar-refractivity contribution in [2.75, 3.05) is 6.61 Å². The molecule has 5 atom stereocenters. The number of hydrogen-bond donors (Lipinski definition) is 8. The van der Waals surface area contributed by atoms with Gasteiger partial charge in [0.15, 0.2) is 11.5 Å². The van der Waals surface area contributed by atoms with Crippen molar-refractivity contribution in [3.63, 3.8) is 0 Å². The third-order valence-electron chi connectivity index (χ3n) is 5.15. The summed E-state index contributed by atoms with van der Waals surface area (Å²) in [6.07, 6.45) is -7.76. The van der Waals surface area contributed by atoms with Gasteiger partial charge >= 0.3 is 11.3 Å². The molecule has 1 aliphatic rings. The Labute approximate surface area is 192 Å². The maximum absolute atomic E-state index is 10.3. The second kappa shape index (κ2) is 9.43. The molecule has 0 spiro atoms. The van der Waals surface area contributed by atoms with E-state index in [1.54, 1.807) is 0 Å². The van der Waals surface area contributed by atoms with Crippen LogP contribution in [0.15, 0.2) is 40.8 Å². The topological polar surface area (TPSA) is 192 Å². The lowest BCUT2D eigenvalue weighted by molar-refractivity contribution is -0.277. The summed E-state index contributed by atoms with van der Waals surface area (Å²) in [6.45, 7) is -0.661. The van der Waals surface area contributed by atoms with E-state index in [2.05, 4.69) is 0 Å². The molecule has 1 unspecified atom stereocenters. The highest BCUT2D eigenvalue weighted by atomic mass is 35.5. The zero-order valence-electron chi connectivity index (χ0n) is 16.7. The van der Waals surface area contributed by atoms with E-state index in [1.807, 2.05) is 0 Å². The van der Waals surface area contributed by atoms with E-state index < -0.39 is 43.1 Å². The smallest absolute Gasteiger partial charge is 0.402 e. The molecule has 2 aromatic carbocycles. The minimum absolute atomic E-state index is 0. The van der Waals surface area contributed by atoms with Gasteiger partial charge in [-0.3, -0.25) is 0 Å². The molecule has 0 radical (unpaired) electrons. The molecule has 1 saturated heterocycles. The van der Waals surface area contributed by atoms with Gasteiger partial charge in [0, 0.05) is 18.2 Å². The second-order valence-corrected chi connectivity index (χ2v) is 7.34. The van der Waals surface area contributed by atoms with Crippen LogP contribution in [0.25, 0.3) is 22.3 Å². The fourth-order valence-corrected chi connectivity index (χ4v) is 3.43. The van der Waals surface area contributed by atoms with Crippen molar-refractivity contribution < 1.29 is 67.2 Å². The Kier molecular flexibility index (Phi) is 7.03. The average Bonchev–Trinajstić information content (AvgIpc) is 2.76. The van der Waals surface area contributed by atoms with Gasteiger partial charge in [-0.1, -0.05) is 0 Å². The van der Waals surface area contributed by atoms with Crippen LogP contribution in [0.3, 0.4) is 0 Å². The van der Waals surface area contributed by atoms with Crippen molar-refractivity contribution in [2.24, 2.45) is 0 Å². The average molecular weight is 485 g/mol. The van der Waals surface area contributed by atoms with E-state index in [0.29, 0.717) is 0 Å². The fourth-order valence-electron chi connectivity index (χ4n) is 3.43. The van der Waals surface area contributed by atoms with Crippen LogP contribution in [0, 0.1) is 0 Å². The predicted octanol–water partition coefficient (Wildman–Crippen LogP) is -2.61. The second-order valence-electron chi connectivity index (χ2n) is 7.34. The maximum Gasteiger partial charge on any atom is 0.402 e. The first-order valence-electron chi connectivity index (χ1n) is 9.52. The van der Waals surface area contributed by atoms with Crippen LogP contribution in [0.5, 0.6) is 28.7 Å². The minimum Gasteiger partial charge on any atom is -1.00 e. The van der Waals surface area contributed by atoms with Crippen molar-refractivity contribution in [3.05, 3.63) is 36.4 Å². The third kappa shape index (κ3) is 4.55. The lowest BCUT2D eigenvalue weighted by Gasteiger charge is -2.39. The van der Waals surface area contributed by atoms with Gasteiger partial charge in [-0.05, 0) is 12.1 Å². The number of ether oxygens (including phenoxy) is 2. The summed E-state index contributed by atoms with van der Waals surface area (Å²) in [4.78, 5) is 0. The van der Waals surface area contributed by atoms with Gasteiger partial charge in [-0.25, -0.2) is 4.42 Å². The van der Waals surface area contributed by atoms with Gasteiger partial charge in [0.1, 0.15) is 41.3 Å². The Morgan fingerprint density at radius 1 is 0.848 bits per heavy atom. The Bertz CT molecular complexity index is 1150. The molecule has 1 fully saturated rings. The summed E-state index contributed by atoms with van der Waals surface area (Å²) in [5, 5.41) is 79.2. The highest BCUT2D eigenvalue weighted by Gasteiger charge is 2.45. The first kappa shape index (κ1) is 24.6. The molecule has 1 aliphatic heterocycles. The lowest BCUT2D eigenvalue weighted by atomic mass is 9.99. The molecule has 1 aromatic heterocycles. The highest BCUT2D eigenvalue weighted by molar-refractivity contribution is 5.88. The molecule has 178 valence electrons. The number of rotatable bonds is 4. The predicted molar refractivity (Wildman–Crippen MR) is 107 cm³/mol. The molecule has 8 N–H and O–H groups in total. The SMILES string of the molecule is OC[C@H]1OC(Oc2cc3c(O)cc(O)cc3[o+]c2-c2ccc(O)c(O)c2)[C@H](O)[C@@H](O)[C@@H]1O.[Cl-]. The summed E-state index contributed by atoms with van der Waals surface area (Å²) in [5.41, 5.74) is 0.260. The van der Waals surface area contributed by atoms with E-state index in [4.69, 9.17) is 13.9 Å². The van der Waals surface area contributed by atoms with Gasteiger partial charge < -0.3 is 62.7 Å². The monoisotopic (exact) mass is 484 g/mol. The van der Waals surface area contributed by atoms with E-state index in [9.17, 15) is 40.9 Å². The molecule has 2 heterocycles.